The third kappa shape index (κ3) is 10.9. The molecule has 1 aliphatic carbocycles. The van der Waals surface area contributed by atoms with Gasteiger partial charge in [-0.25, -0.2) is 0 Å². The lowest BCUT2D eigenvalue weighted by Gasteiger charge is -2.29. The summed E-state index contributed by atoms with van der Waals surface area (Å²) in [4.78, 5) is 3.25. The number of thioether (sulfide) groups is 1. The summed E-state index contributed by atoms with van der Waals surface area (Å²) in [5.74, 6) is -0.457. The van der Waals surface area contributed by atoms with Crippen LogP contribution in [0, 0.1) is 13.8 Å². The van der Waals surface area contributed by atoms with Gasteiger partial charge in [-0.1, -0.05) is 136 Å². The Labute approximate surface area is 452 Å². The van der Waals surface area contributed by atoms with Crippen molar-refractivity contribution < 1.29 is 25.8 Å². The van der Waals surface area contributed by atoms with Gasteiger partial charge in [0.2, 0.25) is 0 Å². The topological polar surface area (TPSA) is 51.5 Å². The molecule has 12 heteroatoms. The van der Waals surface area contributed by atoms with E-state index in [0.29, 0.717) is 16.8 Å². The monoisotopic (exact) mass is 1070 g/mol. The van der Waals surface area contributed by atoms with Crippen molar-refractivity contribution in [2.24, 2.45) is 0 Å². The summed E-state index contributed by atoms with van der Waals surface area (Å²) in [6.45, 7) is 13.8. The molecular weight excluding hydrogens is 1020 g/mol. The predicted molar refractivity (Wildman–Crippen MR) is 320 cm³/mol. The molecule has 0 amide bonds. The van der Waals surface area contributed by atoms with Crippen molar-refractivity contribution in [1.82, 2.24) is 4.57 Å². The minimum atomic E-state index is -6.01. The van der Waals surface area contributed by atoms with Crippen LogP contribution in [0.25, 0.3) is 69.8 Å². The number of nitrogens with zero attached hydrogens (tertiary/aromatic N) is 2. The smallest absolute Gasteiger partial charge is 0.376 e. The van der Waals surface area contributed by atoms with E-state index in [4.69, 9.17) is 4.18 Å². The number of rotatable bonds is 10. The number of para-hydroxylation sites is 2. The molecule has 0 saturated heterocycles. The number of halogens is 3. The number of allylic oxidation sites excluding steroid dienone is 5. The molecule has 5 nitrogen and oxygen atoms in total. The van der Waals surface area contributed by atoms with Gasteiger partial charge in [0.1, 0.15) is 5.75 Å². The first-order valence-electron chi connectivity index (χ1n) is 24.4. The fourth-order valence-corrected chi connectivity index (χ4v) is 11.9. The van der Waals surface area contributed by atoms with Crippen LogP contribution in [0.1, 0.15) is 49.9 Å². The summed E-state index contributed by atoms with van der Waals surface area (Å²) in [6, 6.07) is 55.9. The van der Waals surface area contributed by atoms with E-state index in [1.165, 1.54) is 22.6 Å². The number of hydrogen-bond acceptors (Lipinski definition) is 6. The number of aromatic nitrogens is 1. The van der Waals surface area contributed by atoms with Gasteiger partial charge < -0.3 is 13.7 Å². The van der Waals surface area contributed by atoms with E-state index in [0.717, 1.165) is 87.6 Å². The van der Waals surface area contributed by atoms with Crippen LogP contribution < -0.4 is 9.08 Å². The zero-order chi connectivity index (χ0) is 52.3. The summed E-state index contributed by atoms with van der Waals surface area (Å²) in [7, 11) is -6.01. The SMILES string of the molecule is C=C(C)c1ccccc1SC.CC.Cc1ccc(-c2ccc3c(c2)c2ccccc2n3C2C=CC=CC2)cc1-c1cc(OS(=O)(=O)C(F)(F)F)cc(N(c2ccccc2)c2ccc3sc4ccccc4c3c2)c1C.S. The maximum Gasteiger partial charge on any atom is 0.534 e. The van der Waals surface area contributed by atoms with E-state index in [1.807, 2.05) is 124 Å². The average Bonchev–Trinajstić information content (AvgIpc) is 3.96. The second-order valence-electron chi connectivity index (χ2n) is 17.8. The first-order valence-corrected chi connectivity index (χ1v) is 27.8. The van der Waals surface area contributed by atoms with Crippen molar-refractivity contribution >= 4 is 111 Å². The molecule has 0 fully saturated rings. The normalized spacial score (nSPS) is 13.2. The quantitative estimate of drug-likeness (QED) is 0.0776. The van der Waals surface area contributed by atoms with E-state index in [2.05, 4.69) is 115 Å². The van der Waals surface area contributed by atoms with Gasteiger partial charge in [0.05, 0.1) is 11.7 Å². The third-order valence-corrected chi connectivity index (χ3v) is 16.1. The van der Waals surface area contributed by atoms with Gasteiger partial charge in [0.15, 0.2) is 0 Å². The van der Waals surface area contributed by atoms with Crippen LogP contribution in [-0.4, -0.2) is 24.7 Å². The largest absolute Gasteiger partial charge is 0.534 e. The highest BCUT2D eigenvalue weighted by molar-refractivity contribution is 7.98. The van der Waals surface area contributed by atoms with Crippen LogP contribution in [0.2, 0.25) is 0 Å². The molecule has 8 aromatic carbocycles. The molecule has 10 aromatic rings. The molecule has 0 saturated carbocycles. The highest BCUT2D eigenvalue weighted by Gasteiger charge is 2.48. The standard InChI is InChI=1S/C51H37F3N2O3S2.C10H12S.C2H6.H2S/c1-32-21-22-34(35-23-25-47-44(28-35)40-17-9-11-19-46(40)56(47)37-15-7-4-8-16-37)27-42(32)43-30-39(59-61(57,58)51(52,53)54)31-48(33(43)2)55(36-13-5-3-6-14-36)38-24-26-50-45(29-38)41-18-10-12-20-49(41)60-50;1-8(2)9-6-4-5-7-10(9)11-3;1-2;/h3-15,17-31,37H,16H2,1-2H3;4-7H,1H2,2-3H3;1-2H3;1H2. The highest BCUT2D eigenvalue weighted by Crippen LogP contribution is 2.47. The molecule has 382 valence electrons. The van der Waals surface area contributed by atoms with Crippen molar-refractivity contribution in [3.63, 3.8) is 0 Å². The maximum atomic E-state index is 13.9. The van der Waals surface area contributed by atoms with Gasteiger partial charge in [-0.15, -0.1) is 23.1 Å². The highest BCUT2D eigenvalue weighted by atomic mass is 32.2. The van der Waals surface area contributed by atoms with E-state index < -0.39 is 21.4 Å². The Balaban J connectivity index is 0.000000472. The minimum absolute atomic E-state index is 0. The van der Waals surface area contributed by atoms with Crippen LogP contribution >= 0.6 is 36.6 Å². The predicted octanol–water partition coefficient (Wildman–Crippen LogP) is 19.4. The van der Waals surface area contributed by atoms with E-state index >= 15 is 0 Å². The van der Waals surface area contributed by atoms with Crippen molar-refractivity contribution in [2.45, 2.75) is 57.5 Å². The number of fused-ring (bicyclic) bond motifs is 6. The van der Waals surface area contributed by atoms with Gasteiger partial charge in [-0.3, -0.25) is 0 Å². The lowest BCUT2D eigenvalue weighted by atomic mass is 9.91. The molecule has 11 rings (SSSR count). The van der Waals surface area contributed by atoms with Gasteiger partial charge in [-0.05, 0) is 151 Å². The molecule has 0 aliphatic heterocycles. The lowest BCUT2D eigenvalue weighted by Crippen LogP contribution is -2.28. The average molecular weight is 1080 g/mol. The number of thiophene rings is 1. The Hall–Kier alpha value is -6.96. The Morgan fingerprint density at radius 3 is 2.05 bits per heavy atom. The molecule has 0 radical (unpaired) electrons. The molecule has 1 atom stereocenters. The van der Waals surface area contributed by atoms with Crippen molar-refractivity contribution in [1.29, 1.82) is 0 Å². The molecular formula is C63H57F3N2O3S4. The minimum Gasteiger partial charge on any atom is -0.376 e. The molecule has 1 aliphatic rings. The van der Waals surface area contributed by atoms with Gasteiger partial charge in [-0.2, -0.15) is 35.1 Å². The van der Waals surface area contributed by atoms with Crippen molar-refractivity contribution in [3.8, 4) is 28.0 Å². The first kappa shape index (κ1) is 54.3. The number of benzene rings is 8. The van der Waals surface area contributed by atoms with Crippen LogP contribution in [-0.2, 0) is 10.1 Å². The second kappa shape index (κ2) is 22.9. The maximum absolute atomic E-state index is 13.9. The van der Waals surface area contributed by atoms with Crippen LogP contribution in [0.3, 0.4) is 0 Å². The van der Waals surface area contributed by atoms with Crippen LogP contribution in [0.4, 0.5) is 30.2 Å². The van der Waals surface area contributed by atoms with E-state index in [-0.39, 0.29) is 19.5 Å². The van der Waals surface area contributed by atoms with Gasteiger partial charge in [0.25, 0.3) is 0 Å². The zero-order valence-corrected chi connectivity index (χ0v) is 45.9. The summed E-state index contributed by atoms with van der Waals surface area (Å²) in [6.07, 6.45) is 11.5. The summed E-state index contributed by atoms with van der Waals surface area (Å²) in [5, 5.41) is 4.36. The van der Waals surface area contributed by atoms with Crippen molar-refractivity contribution in [2.75, 3.05) is 11.2 Å². The molecule has 0 spiro atoms. The Morgan fingerprint density at radius 2 is 1.35 bits per heavy atom. The Morgan fingerprint density at radius 1 is 0.693 bits per heavy atom. The molecule has 75 heavy (non-hydrogen) atoms. The Bertz CT molecular complexity index is 3890. The van der Waals surface area contributed by atoms with Gasteiger partial charge in [0, 0.05) is 64.3 Å². The number of aryl methyl sites for hydroxylation is 1. The number of hydrogen-bond donors (Lipinski definition) is 0. The molecule has 0 bridgehead atoms. The molecule has 0 N–H and O–H groups in total. The fourth-order valence-electron chi connectivity index (χ4n) is 9.65. The van der Waals surface area contributed by atoms with Gasteiger partial charge >= 0.3 is 15.6 Å². The molecule has 1 unspecified atom stereocenters. The zero-order valence-electron chi connectivity index (χ0n) is 42.4. The summed E-state index contributed by atoms with van der Waals surface area (Å²) < 4.78 is 76.7. The second-order valence-corrected chi connectivity index (χ2v) is 21.3. The Kier molecular flexibility index (Phi) is 16.6. The van der Waals surface area contributed by atoms with Crippen LogP contribution in [0.15, 0.2) is 206 Å². The van der Waals surface area contributed by atoms with Crippen molar-refractivity contribution in [3.05, 3.63) is 217 Å². The van der Waals surface area contributed by atoms with E-state index in [9.17, 15) is 21.6 Å². The third-order valence-electron chi connectivity index (χ3n) is 13.1. The summed E-state index contributed by atoms with van der Waals surface area (Å²) >= 11 is 3.44. The fraction of sp³-hybridized carbons (Fsp3) is 0.143. The van der Waals surface area contributed by atoms with E-state index in [1.54, 1.807) is 23.1 Å². The summed E-state index contributed by atoms with van der Waals surface area (Å²) in [5.41, 5.74) is 5.62. The molecule has 2 aromatic heterocycles. The first-order chi connectivity index (χ1) is 35.7. The number of anilines is 3. The number of alkyl halides is 3. The molecule has 2 heterocycles. The van der Waals surface area contributed by atoms with Crippen LogP contribution in [0.5, 0.6) is 5.75 Å². The lowest BCUT2D eigenvalue weighted by molar-refractivity contribution is -0.0500.